The normalized spacial score (nSPS) is 8.24. The molecule has 0 atom stereocenters. The largest absolute Gasteiger partial charge is 0.366 e. The summed E-state index contributed by atoms with van der Waals surface area (Å²) in [4.78, 5) is 10.2. The van der Waals surface area contributed by atoms with Crippen molar-refractivity contribution < 1.29 is 9.53 Å². The average molecular weight is 280 g/mol. The van der Waals surface area contributed by atoms with Gasteiger partial charge in [-0.15, -0.1) is 0 Å². The zero-order valence-electron chi connectivity index (χ0n) is 10.5. The minimum absolute atomic E-state index is 0.149. The first-order chi connectivity index (χ1) is 7.97. The van der Waals surface area contributed by atoms with Crippen molar-refractivity contribution >= 4 is 40.6 Å². The van der Waals surface area contributed by atoms with Crippen LogP contribution in [0.15, 0.2) is 0 Å². The maximum atomic E-state index is 10.2. The predicted molar refractivity (Wildman–Crippen MR) is 76.8 cm³/mol. The maximum Gasteiger partial charge on any atom is 0.222 e. The Labute approximate surface area is 113 Å². The number of carbonyl (C=O) groups excluding carboxylic acids is 1. The second-order valence-corrected chi connectivity index (χ2v) is 3.47. The summed E-state index contributed by atoms with van der Waals surface area (Å²) in [5.74, 6) is -0.149. The molecule has 0 aliphatic rings. The number of thiocarbonyl (C=S) groups is 2. The first-order valence-electron chi connectivity index (χ1n) is 5.00. The van der Waals surface area contributed by atoms with Crippen LogP contribution in [0, 0.1) is 0 Å². The van der Waals surface area contributed by atoms with E-state index in [4.69, 9.17) is 17.0 Å². The molecule has 1 amide bonds. The molecular formula is C9H20N4O2S2. The van der Waals surface area contributed by atoms with Crippen molar-refractivity contribution in [2.45, 2.75) is 13.8 Å². The number of ether oxygens (including phenoxy) is 1. The van der Waals surface area contributed by atoms with Crippen molar-refractivity contribution in [3.63, 3.8) is 0 Å². The number of hydrogen-bond donors (Lipinski definition) is 4. The van der Waals surface area contributed by atoms with Crippen molar-refractivity contribution in [2.75, 3.05) is 27.4 Å². The molecule has 0 heterocycles. The van der Waals surface area contributed by atoms with Crippen molar-refractivity contribution in [3.05, 3.63) is 0 Å². The van der Waals surface area contributed by atoms with Gasteiger partial charge in [0.1, 0.15) is 6.73 Å². The molecule has 6 nitrogen and oxygen atoms in total. The molecule has 0 spiro atoms. The summed E-state index contributed by atoms with van der Waals surface area (Å²) in [7, 11) is 3.42. The molecule has 17 heavy (non-hydrogen) atoms. The summed E-state index contributed by atoms with van der Waals surface area (Å²) in [5, 5.41) is 11.5. The molecule has 8 heteroatoms. The second kappa shape index (κ2) is 13.1. The molecule has 0 radical (unpaired) electrons. The van der Waals surface area contributed by atoms with Gasteiger partial charge < -0.3 is 26.0 Å². The van der Waals surface area contributed by atoms with Crippen LogP contribution in [0.25, 0.3) is 0 Å². The standard InChI is InChI=1S/C5H12N2OS.C4H8N2OS/c1-3-8-4-7-5(9)6-2;1-3(7)6-4(8)5-2/h3-4H2,1-2H3,(H2,6,7,9);1-2H3,(H2,5,6,7,8). The Hall–Kier alpha value is -0.990. The third-order valence-electron chi connectivity index (χ3n) is 1.28. The summed E-state index contributed by atoms with van der Waals surface area (Å²) in [6, 6.07) is 0. The summed E-state index contributed by atoms with van der Waals surface area (Å²) in [6.45, 7) is 4.53. The van der Waals surface area contributed by atoms with Crippen LogP contribution in [0.2, 0.25) is 0 Å². The molecule has 0 aliphatic heterocycles. The van der Waals surface area contributed by atoms with E-state index in [1.54, 1.807) is 14.1 Å². The lowest BCUT2D eigenvalue weighted by Gasteiger charge is -2.05. The van der Waals surface area contributed by atoms with E-state index in [2.05, 4.69) is 33.5 Å². The van der Waals surface area contributed by atoms with Crippen molar-refractivity contribution in [2.24, 2.45) is 0 Å². The summed E-state index contributed by atoms with van der Waals surface area (Å²) in [6.07, 6.45) is 0. The van der Waals surface area contributed by atoms with E-state index in [0.29, 0.717) is 23.6 Å². The highest BCUT2D eigenvalue weighted by Gasteiger charge is 1.91. The maximum absolute atomic E-state index is 10.2. The molecule has 4 N–H and O–H groups in total. The van der Waals surface area contributed by atoms with Gasteiger partial charge >= 0.3 is 0 Å². The van der Waals surface area contributed by atoms with E-state index in [0.717, 1.165) is 0 Å². The molecule has 0 aromatic heterocycles. The fraction of sp³-hybridized carbons (Fsp3) is 0.667. The van der Waals surface area contributed by atoms with E-state index in [-0.39, 0.29) is 5.91 Å². The van der Waals surface area contributed by atoms with Gasteiger partial charge in [0.15, 0.2) is 10.2 Å². The molecule has 0 bridgehead atoms. The Balaban J connectivity index is 0. The lowest BCUT2D eigenvalue weighted by Crippen LogP contribution is -2.35. The van der Waals surface area contributed by atoms with E-state index in [1.165, 1.54) is 6.92 Å². The zero-order chi connectivity index (χ0) is 13.7. The lowest BCUT2D eigenvalue weighted by molar-refractivity contribution is -0.117. The van der Waals surface area contributed by atoms with Crippen LogP contribution in [-0.4, -0.2) is 43.6 Å². The molecule has 100 valence electrons. The van der Waals surface area contributed by atoms with Crippen LogP contribution < -0.4 is 21.3 Å². The molecule has 0 saturated carbocycles. The van der Waals surface area contributed by atoms with Gasteiger partial charge in [-0.2, -0.15) is 0 Å². The highest BCUT2D eigenvalue weighted by Crippen LogP contribution is 1.67. The van der Waals surface area contributed by atoms with Crippen LogP contribution in [-0.2, 0) is 9.53 Å². The Morgan fingerprint density at radius 2 is 1.71 bits per heavy atom. The monoisotopic (exact) mass is 280 g/mol. The van der Waals surface area contributed by atoms with Gasteiger partial charge in [-0.25, -0.2) is 0 Å². The molecule has 0 aromatic rings. The SMILES string of the molecule is CCOCNC(=S)NC.CNC(=S)NC(C)=O. The van der Waals surface area contributed by atoms with Gasteiger partial charge in [0.05, 0.1) is 0 Å². The molecular weight excluding hydrogens is 260 g/mol. The van der Waals surface area contributed by atoms with Gasteiger partial charge in [-0.1, -0.05) is 0 Å². The van der Waals surface area contributed by atoms with E-state index in [1.807, 2.05) is 6.92 Å². The summed E-state index contributed by atoms with van der Waals surface area (Å²) >= 11 is 9.35. The van der Waals surface area contributed by atoms with Gasteiger partial charge in [-0.3, -0.25) is 4.79 Å². The molecule has 0 aromatic carbocycles. The fourth-order valence-corrected chi connectivity index (χ4v) is 0.732. The number of rotatable bonds is 3. The van der Waals surface area contributed by atoms with E-state index >= 15 is 0 Å². The van der Waals surface area contributed by atoms with Gasteiger partial charge in [0.25, 0.3) is 0 Å². The van der Waals surface area contributed by atoms with E-state index in [9.17, 15) is 4.79 Å². The zero-order valence-corrected chi connectivity index (χ0v) is 12.2. The highest BCUT2D eigenvalue weighted by molar-refractivity contribution is 7.80. The number of nitrogens with one attached hydrogen (secondary N) is 4. The Bertz CT molecular complexity index is 249. The third-order valence-corrected chi connectivity index (χ3v) is 1.94. The molecule has 0 aliphatic carbocycles. The highest BCUT2D eigenvalue weighted by atomic mass is 32.1. The minimum Gasteiger partial charge on any atom is -0.366 e. The van der Waals surface area contributed by atoms with Crippen LogP contribution in [0.4, 0.5) is 0 Å². The van der Waals surface area contributed by atoms with Crippen molar-refractivity contribution in [1.82, 2.24) is 21.3 Å². The van der Waals surface area contributed by atoms with Crippen molar-refractivity contribution in [1.29, 1.82) is 0 Å². The van der Waals surface area contributed by atoms with Crippen LogP contribution in [0.1, 0.15) is 13.8 Å². The van der Waals surface area contributed by atoms with Gasteiger partial charge in [0.2, 0.25) is 5.91 Å². The number of amides is 1. The molecule has 0 fully saturated rings. The third kappa shape index (κ3) is 17.6. The van der Waals surface area contributed by atoms with E-state index < -0.39 is 0 Å². The topological polar surface area (TPSA) is 74.4 Å². The molecule has 0 saturated heterocycles. The summed E-state index contributed by atoms with van der Waals surface area (Å²) in [5.41, 5.74) is 0. The first kappa shape index (κ1) is 18.4. The first-order valence-corrected chi connectivity index (χ1v) is 5.82. The second-order valence-electron chi connectivity index (χ2n) is 2.65. The van der Waals surface area contributed by atoms with Crippen LogP contribution >= 0.6 is 24.4 Å². The number of carbonyl (C=O) groups is 1. The molecule has 0 unspecified atom stereocenters. The fourth-order valence-electron chi connectivity index (χ4n) is 0.529. The lowest BCUT2D eigenvalue weighted by atomic mass is 10.7. The number of hydrogen-bond acceptors (Lipinski definition) is 4. The van der Waals surface area contributed by atoms with Gasteiger partial charge in [0, 0.05) is 27.6 Å². The van der Waals surface area contributed by atoms with Gasteiger partial charge in [-0.05, 0) is 31.4 Å². The molecule has 0 rings (SSSR count). The Morgan fingerprint density at radius 3 is 2.00 bits per heavy atom. The Kier molecular flexibility index (Phi) is 14.1. The summed E-state index contributed by atoms with van der Waals surface area (Å²) < 4.78 is 4.97. The van der Waals surface area contributed by atoms with Crippen LogP contribution in [0.3, 0.4) is 0 Å². The Morgan fingerprint density at radius 1 is 1.18 bits per heavy atom. The quantitative estimate of drug-likeness (QED) is 0.321. The predicted octanol–water partition coefficient (Wildman–Crippen LogP) is -0.299. The average Bonchev–Trinajstić information content (AvgIpc) is 2.29. The minimum atomic E-state index is -0.149. The van der Waals surface area contributed by atoms with Crippen LogP contribution in [0.5, 0.6) is 0 Å². The smallest absolute Gasteiger partial charge is 0.222 e. The van der Waals surface area contributed by atoms with Crippen molar-refractivity contribution in [3.8, 4) is 0 Å².